The van der Waals surface area contributed by atoms with E-state index in [2.05, 4.69) is 16.6 Å². The Bertz CT molecular complexity index is 614. The Morgan fingerprint density at radius 2 is 2.14 bits per heavy atom. The highest BCUT2D eigenvalue weighted by Crippen LogP contribution is 2.18. The SMILES string of the molecule is CCOCCS(=O)(=O)Nc1cc(C#CCCO)ccc1C. The minimum absolute atomic E-state index is 0.00970. The molecule has 0 aliphatic heterocycles. The van der Waals surface area contributed by atoms with E-state index in [0.29, 0.717) is 24.3 Å². The van der Waals surface area contributed by atoms with E-state index in [0.717, 1.165) is 5.56 Å². The smallest absolute Gasteiger partial charge is 0.235 e. The molecule has 1 aromatic rings. The first-order valence-corrected chi connectivity index (χ1v) is 8.42. The van der Waals surface area contributed by atoms with Gasteiger partial charge < -0.3 is 9.84 Å². The zero-order valence-corrected chi connectivity index (χ0v) is 13.2. The van der Waals surface area contributed by atoms with Gasteiger partial charge in [-0.3, -0.25) is 4.72 Å². The third kappa shape index (κ3) is 6.63. The molecule has 0 unspecified atom stereocenters. The van der Waals surface area contributed by atoms with Gasteiger partial charge in [0.25, 0.3) is 0 Å². The molecule has 0 radical (unpaired) electrons. The second-order valence-corrected chi connectivity index (χ2v) is 6.26. The molecular formula is C15H21NO4S. The van der Waals surface area contributed by atoms with E-state index in [1.54, 1.807) is 6.07 Å². The van der Waals surface area contributed by atoms with E-state index in [1.807, 2.05) is 26.0 Å². The highest BCUT2D eigenvalue weighted by atomic mass is 32.2. The zero-order valence-electron chi connectivity index (χ0n) is 12.3. The monoisotopic (exact) mass is 311 g/mol. The van der Waals surface area contributed by atoms with Crippen LogP contribution in [0.3, 0.4) is 0 Å². The molecule has 0 amide bonds. The summed E-state index contributed by atoms with van der Waals surface area (Å²) in [6.45, 7) is 4.31. The number of sulfonamides is 1. The number of rotatable bonds is 7. The van der Waals surface area contributed by atoms with Gasteiger partial charge in [-0.15, -0.1) is 0 Å². The third-order valence-corrected chi connectivity index (χ3v) is 3.91. The normalized spacial score (nSPS) is 10.8. The fourth-order valence-corrected chi connectivity index (χ4v) is 2.56. The van der Waals surface area contributed by atoms with Crippen LogP contribution in [0.25, 0.3) is 0 Å². The molecule has 6 heteroatoms. The van der Waals surface area contributed by atoms with Crippen molar-refractivity contribution in [3.63, 3.8) is 0 Å². The summed E-state index contributed by atoms with van der Waals surface area (Å²) in [7, 11) is -3.43. The molecule has 0 bridgehead atoms. The maximum atomic E-state index is 11.9. The van der Waals surface area contributed by atoms with Crippen molar-refractivity contribution in [3.05, 3.63) is 29.3 Å². The van der Waals surface area contributed by atoms with Gasteiger partial charge in [-0.05, 0) is 31.5 Å². The van der Waals surface area contributed by atoms with Crippen LogP contribution in [0, 0.1) is 18.8 Å². The maximum Gasteiger partial charge on any atom is 0.235 e. The predicted octanol–water partition coefficient (Wildman–Crippen LogP) is 1.51. The topological polar surface area (TPSA) is 75.6 Å². The molecule has 2 N–H and O–H groups in total. The van der Waals surface area contributed by atoms with E-state index < -0.39 is 10.0 Å². The lowest BCUT2D eigenvalue weighted by molar-refractivity contribution is 0.163. The molecule has 0 saturated heterocycles. The lowest BCUT2D eigenvalue weighted by Gasteiger charge is -2.11. The van der Waals surface area contributed by atoms with Crippen LogP contribution in [0.4, 0.5) is 5.69 Å². The van der Waals surface area contributed by atoms with Gasteiger partial charge in [0.1, 0.15) is 0 Å². The Kier molecular flexibility index (Phi) is 7.23. The first kappa shape index (κ1) is 17.5. The van der Waals surface area contributed by atoms with E-state index in [1.165, 1.54) is 0 Å². The van der Waals surface area contributed by atoms with Crippen LogP contribution in [0.5, 0.6) is 0 Å². The molecule has 0 aliphatic rings. The molecule has 0 aliphatic carbocycles. The van der Waals surface area contributed by atoms with Crippen LogP contribution in [0.1, 0.15) is 24.5 Å². The second kappa shape index (κ2) is 8.67. The number of anilines is 1. The lowest BCUT2D eigenvalue weighted by atomic mass is 10.1. The number of hydrogen-bond donors (Lipinski definition) is 2. The van der Waals surface area contributed by atoms with Crippen molar-refractivity contribution >= 4 is 15.7 Å². The summed E-state index contributed by atoms with van der Waals surface area (Å²) in [5.74, 6) is 5.60. The number of nitrogens with one attached hydrogen (secondary N) is 1. The average Bonchev–Trinajstić information content (AvgIpc) is 2.42. The Labute approximate surface area is 126 Å². The first-order valence-electron chi connectivity index (χ1n) is 6.77. The standard InChI is InChI=1S/C15H21NO4S/c1-3-20-10-11-21(18,19)16-15-12-14(6-4-5-9-17)8-7-13(15)2/h7-8,12,16-17H,3,5,9-11H2,1-2H3. The molecule has 0 heterocycles. The minimum atomic E-state index is -3.43. The van der Waals surface area contributed by atoms with E-state index in [4.69, 9.17) is 9.84 Å². The summed E-state index contributed by atoms with van der Waals surface area (Å²) in [5, 5.41) is 8.69. The number of ether oxygens (including phenoxy) is 1. The predicted molar refractivity (Wildman–Crippen MR) is 83.7 cm³/mol. The van der Waals surface area contributed by atoms with Crippen molar-refractivity contribution in [1.82, 2.24) is 0 Å². The maximum absolute atomic E-state index is 11.9. The summed E-state index contributed by atoms with van der Waals surface area (Å²) in [4.78, 5) is 0. The number of hydrogen-bond acceptors (Lipinski definition) is 4. The Morgan fingerprint density at radius 1 is 1.38 bits per heavy atom. The Hall–Kier alpha value is -1.55. The summed E-state index contributed by atoms with van der Waals surface area (Å²) >= 11 is 0. The molecular weight excluding hydrogens is 290 g/mol. The largest absolute Gasteiger partial charge is 0.395 e. The van der Waals surface area contributed by atoms with Crippen LogP contribution in [0.2, 0.25) is 0 Å². The van der Waals surface area contributed by atoms with Gasteiger partial charge in [0, 0.05) is 18.6 Å². The van der Waals surface area contributed by atoms with Gasteiger partial charge in [0.05, 0.1) is 24.7 Å². The van der Waals surface area contributed by atoms with Crippen molar-refractivity contribution in [2.75, 3.05) is 30.3 Å². The molecule has 0 spiro atoms. The number of aliphatic hydroxyl groups excluding tert-OH is 1. The summed E-state index contributed by atoms with van der Waals surface area (Å²) < 4.78 is 31.5. The molecule has 0 fully saturated rings. The van der Waals surface area contributed by atoms with Gasteiger partial charge in [-0.25, -0.2) is 8.42 Å². The van der Waals surface area contributed by atoms with Gasteiger partial charge >= 0.3 is 0 Å². The number of benzene rings is 1. The van der Waals surface area contributed by atoms with Gasteiger partial charge in [0.2, 0.25) is 10.0 Å². The van der Waals surface area contributed by atoms with Crippen molar-refractivity contribution in [1.29, 1.82) is 0 Å². The third-order valence-electron chi connectivity index (χ3n) is 2.67. The number of aliphatic hydroxyl groups is 1. The summed E-state index contributed by atoms with van der Waals surface area (Å²) in [6, 6.07) is 5.32. The van der Waals surface area contributed by atoms with E-state index in [-0.39, 0.29) is 19.0 Å². The van der Waals surface area contributed by atoms with Crippen LogP contribution < -0.4 is 4.72 Å². The molecule has 0 saturated carbocycles. The van der Waals surface area contributed by atoms with Crippen LogP contribution in [-0.2, 0) is 14.8 Å². The molecule has 5 nitrogen and oxygen atoms in total. The quantitative estimate of drug-likeness (QED) is 0.591. The molecule has 116 valence electrons. The average molecular weight is 311 g/mol. The molecule has 1 aromatic carbocycles. The van der Waals surface area contributed by atoms with Crippen LogP contribution in [0.15, 0.2) is 18.2 Å². The molecule has 21 heavy (non-hydrogen) atoms. The zero-order chi connectivity index (χ0) is 15.7. The highest BCUT2D eigenvalue weighted by molar-refractivity contribution is 7.92. The van der Waals surface area contributed by atoms with Crippen molar-refractivity contribution in [2.45, 2.75) is 20.3 Å². The molecule has 1 rings (SSSR count). The Balaban J connectivity index is 2.83. The minimum Gasteiger partial charge on any atom is -0.395 e. The summed E-state index contributed by atoms with van der Waals surface area (Å²) in [5.41, 5.74) is 2.04. The fraction of sp³-hybridized carbons (Fsp3) is 0.467. The van der Waals surface area contributed by atoms with E-state index in [9.17, 15) is 8.42 Å². The first-order chi connectivity index (χ1) is 9.98. The van der Waals surface area contributed by atoms with Gasteiger partial charge in [0.15, 0.2) is 0 Å². The van der Waals surface area contributed by atoms with Gasteiger partial charge in [-0.2, -0.15) is 0 Å². The van der Waals surface area contributed by atoms with Gasteiger partial charge in [-0.1, -0.05) is 17.9 Å². The fourth-order valence-electron chi connectivity index (χ4n) is 1.56. The summed E-state index contributed by atoms with van der Waals surface area (Å²) in [6.07, 6.45) is 0.392. The lowest BCUT2D eigenvalue weighted by Crippen LogP contribution is -2.20. The van der Waals surface area contributed by atoms with Crippen molar-refractivity contribution < 1.29 is 18.3 Å². The van der Waals surface area contributed by atoms with E-state index >= 15 is 0 Å². The molecule has 0 atom stereocenters. The van der Waals surface area contributed by atoms with Crippen molar-refractivity contribution in [2.24, 2.45) is 0 Å². The molecule has 0 aromatic heterocycles. The number of aryl methyl sites for hydroxylation is 1. The highest BCUT2D eigenvalue weighted by Gasteiger charge is 2.12. The van der Waals surface area contributed by atoms with Crippen molar-refractivity contribution in [3.8, 4) is 11.8 Å². The second-order valence-electron chi connectivity index (χ2n) is 4.42. The Morgan fingerprint density at radius 3 is 2.81 bits per heavy atom. The van der Waals surface area contributed by atoms with Crippen LogP contribution >= 0.6 is 0 Å². The van der Waals surface area contributed by atoms with Crippen LogP contribution in [-0.4, -0.2) is 39.1 Å².